The van der Waals surface area contributed by atoms with Gasteiger partial charge in [0.15, 0.2) is 11.5 Å². The lowest BCUT2D eigenvalue weighted by atomic mass is 10.1. The van der Waals surface area contributed by atoms with E-state index in [1.165, 1.54) is 5.56 Å². The Morgan fingerprint density at radius 1 is 1.17 bits per heavy atom. The Hall–Kier alpha value is -2.00. The number of nitrogens with zero attached hydrogens (tertiary/aromatic N) is 1. The summed E-state index contributed by atoms with van der Waals surface area (Å²) in [5.74, 6) is 1.20. The standard InChI is InChI=1S/C20H24ClNO2/c1-5-14(3)24-20-18(21)11-16(12-19(20)23-4)13-22-17-9-7-15(6-2)8-10-17/h7-14H,5-6H2,1-4H3/t14-/m0/s1. The summed E-state index contributed by atoms with van der Waals surface area (Å²) in [6.07, 6.45) is 3.78. The van der Waals surface area contributed by atoms with Crippen LogP contribution in [0.3, 0.4) is 0 Å². The maximum Gasteiger partial charge on any atom is 0.180 e. The molecule has 0 fully saturated rings. The second kappa shape index (κ2) is 8.74. The smallest absolute Gasteiger partial charge is 0.180 e. The molecule has 0 spiro atoms. The van der Waals surface area contributed by atoms with Crippen LogP contribution in [-0.2, 0) is 6.42 Å². The highest BCUT2D eigenvalue weighted by atomic mass is 35.5. The molecule has 0 aliphatic rings. The van der Waals surface area contributed by atoms with Gasteiger partial charge in [-0.2, -0.15) is 0 Å². The Morgan fingerprint density at radius 2 is 1.88 bits per heavy atom. The highest BCUT2D eigenvalue weighted by Gasteiger charge is 2.13. The summed E-state index contributed by atoms with van der Waals surface area (Å²) >= 11 is 6.37. The molecule has 0 saturated heterocycles. The fourth-order valence-electron chi connectivity index (χ4n) is 2.18. The van der Waals surface area contributed by atoms with Crippen LogP contribution in [0.1, 0.15) is 38.3 Å². The molecular weight excluding hydrogens is 322 g/mol. The number of methoxy groups -OCH3 is 1. The Balaban J connectivity index is 2.24. The molecule has 0 radical (unpaired) electrons. The summed E-state index contributed by atoms with van der Waals surface area (Å²) in [5, 5.41) is 0.525. The van der Waals surface area contributed by atoms with Crippen LogP contribution >= 0.6 is 11.6 Å². The molecule has 0 bridgehead atoms. The Kier molecular flexibility index (Phi) is 6.68. The number of ether oxygens (including phenoxy) is 2. The second-order valence-corrected chi connectivity index (χ2v) is 6.06. The topological polar surface area (TPSA) is 30.8 Å². The lowest BCUT2D eigenvalue weighted by molar-refractivity contribution is 0.208. The van der Waals surface area contributed by atoms with E-state index in [1.54, 1.807) is 13.3 Å². The van der Waals surface area contributed by atoms with Gasteiger partial charge in [-0.1, -0.05) is 37.6 Å². The van der Waals surface area contributed by atoms with Crippen molar-refractivity contribution in [2.24, 2.45) is 4.99 Å². The first-order valence-corrected chi connectivity index (χ1v) is 8.62. The average Bonchev–Trinajstić information content (AvgIpc) is 2.61. The largest absolute Gasteiger partial charge is 0.493 e. The summed E-state index contributed by atoms with van der Waals surface area (Å²) in [6, 6.07) is 11.9. The fraction of sp³-hybridized carbons (Fsp3) is 0.350. The van der Waals surface area contributed by atoms with Crippen LogP contribution in [0.2, 0.25) is 5.02 Å². The third kappa shape index (κ3) is 4.75. The predicted octanol–water partition coefficient (Wildman–Crippen LogP) is 5.84. The molecule has 0 aromatic heterocycles. The number of hydrogen-bond donors (Lipinski definition) is 0. The van der Waals surface area contributed by atoms with Crippen LogP contribution in [-0.4, -0.2) is 19.4 Å². The zero-order chi connectivity index (χ0) is 17.5. The van der Waals surface area contributed by atoms with Crippen LogP contribution in [0.25, 0.3) is 0 Å². The summed E-state index contributed by atoms with van der Waals surface area (Å²) in [6.45, 7) is 6.20. The Morgan fingerprint density at radius 3 is 2.46 bits per heavy atom. The number of aliphatic imine (C=N–C) groups is 1. The lowest BCUT2D eigenvalue weighted by Gasteiger charge is -2.17. The molecule has 24 heavy (non-hydrogen) atoms. The van der Waals surface area contributed by atoms with Crippen molar-refractivity contribution in [2.75, 3.05) is 7.11 Å². The number of halogens is 1. The molecule has 0 heterocycles. The molecule has 2 aromatic carbocycles. The Bertz CT molecular complexity index is 696. The van der Waals surface area contributed by atoms with Crippen molar-refractivity contribution in [3.05, 3.63) is 52.5 Å². The van der Waals surface area contributed by atoms with E-state index >= 15 is 0 Å². The first-order valence-electron chi connectivity index (χ1n) is 8.24. The van der Waals surface area contributed by atoms with E-state index in [2.05, 4.69) is 31.0 Å². The van der Waals surface area contributed by atoms with Crippen LogP contribution in [0.4, 0.5) is 5.69 Å². The monoisotopic (exact) mass is 345 g/mol. The van der Waals surface area contributed by atoms with Crippen molar-refractivity contribution < 1.29 is 9.47 Å². The highest BCUT2D eigenvalue weighted by molar-refractivity contribution is 6.32. The molecule has 0 saturated carbocycles. The first kappa shape index (κ1) is 18.3. The van der Waals surface area contributed by atoms with E-state index < -0.39 is 0 Å². The minimum absolute atomic E-state index is 0.0768. The predicted molar refractivity (Wildman–Crippen MR) is 101 cm³/mol. The van der Waals surface area contributed by atoms with Gasteiger partial charge >= 0.3 is 0 Å². The van der Waals surface area contributed by atoms with Crippen LogP contribution in [0, 0.1) is 0 Å². The molecule has 3 nitrogen and oxygen atoms in total. The van der Waals surface area contributed by atoms with Crippen molar-refractivity contribution in [3.63, 3.8) is 0 Å². The second-order valence-electron chi connectivity index (χ2n) is 5.65. The highest BCUT2D eigenvalue weighted by Crippen LogP contribution is 2.37. The molecular formula is C20H24ClNO2. The lowest BCUT2D eigenvalue weighted by Crippen LogP contribution is -2.11. The maximum absolute atomic E-state index is 6.37. The van der Waals surface area contributed by atoms with Crippen molar-refractivity contribution in [2.45, 2.75) is 39.7 Å². The molecule has 0 N–H and O–H groups in total. The molecule has 2 rings (SSSR count). The van der Waals surface area contributed by atoms with Gasteiger partial charge in [-0.25, -0.2) is 0 Å². The van der Waals surface area contributed by atoms with Gasteiger partial charge in [0.1, 0.15) is 0 Å². The van der Waals surface area contributed by atoms with E-state index in [4.69, 9.17) is 21.1 Å². The molecule has 4 heteroatoms. The van der Waals surface area contributed by atoms with Gasteiger partial charge in [-0.05, 0) is 55.2 Å². The van der Waals surface area contributed by atoms with Crippen LogP contribution in [0.5, 0.6) is 11.5 Å². The molecule has 0 unspecified atom stereocenters. The maximum atomic E-state index is 6.37. The van der Waals surface area contributed by atoms with Crippen molar-refractivity contribution in [3.8, 4) is 11.5 Å². The zero-order valence-electron chi connectivity index (χ0n) is 14.7. The van der Waals surface area contributed by atoms with Crippen molar-refractivity contribution in [1.82, 2.24) is 0 Å². The molecule has 0 aliphatic heterocycles. The van der Waals surface area contributed by atoms with E-state index in [0.29, 0.717) is 16.5 Å². The van der Waals surface area contributed by atoms with Crippen molar-refractivity contribution >= 4 is 23.5 Å². The van der Waals surface area contributed by atoms with Gasteiger partial charge < -0.3 is 9.47 Å². The van der Waals surface area contributed by atoms with E-state index in [-0.39, 0.29) is 6.10 Å². The number of rotatable bonds is 7. The zero-order valence-corrected chi connectivity index (χ0v) is 15.4. The Labute approximate surface area is 149 Å². The van der Waals surface area contributed by atoms with Gasteiger partial charge in [0.05, 0.1) is 23.9 Å². The van der Waals surface area contributed by atoms with E-state index in [1.807, 2.05) is 31.2 Å². The van der Waals surface area contributed by atoms with Crippen molar-refractivity contribution in [1.29, 1.82) is 0 Å². The van der Waals surface area contributed by atoms with Gasteiger partial charge in [0.25, 0.3) is 0 Å². The van der Waals surface area contributed by atoms with Crippen LogP contribution < -0.4 is 9.47 Å². The average molecular weight is 346 g/mol. The number of hydrogen-bond acceptors (Lipinski definition) is 3. The van der Waals surface area contributed by atoms with Gasteiger partial charge in [0, 0.05) is 6.21 Å². The molecule has 1 atom stereocenters. The number of aryl methyl sites for hydroxylation is 1. The van der Waals surface area contributed by atoms with Gasteiger partial charge in [-0.15, -0.1) is 0 Å². The molecule has 0 aliphatic carbocycles. The summed E-state index contributed by atoms with van der Waals surface area (Å²) < 4.78 is 11.3. The minimum atomic E-state index is 0.0768. The van der Waals surface area contributed by atoms with E-state index in [9.17, 15) is 0 Å². The molecule has 2 aromatic rings. The van der Waals surface area contributed by atoms with E-state index in [0.717, 1.165) is 24.1 Å². The minimum Gasteiger partial charge on any atom is -0.493 e. The normalized spacial score (nSPS) is 12.4. The van der Waals surface area contributed by atoms with Crippen LogP contribution in [0.15, 0.2) is 41.4 Å². The number of benzene rings is 2. The fourth-order valence-corrected chi connectivity index (χ4v) is 2.44. The SMILES string of the molecule is CCc1ccc(N=Cc2cc(Cl)c(O[C@@H](C)CC)c(OC)c2)cc1. The third-order valence-electron chi connectivity index (χ3n) is 3.85. The quantitative estimate of drug-likeness (QED) is 0.590. The summed E-state index contributed by atoms with van der Waals surface area (Å²) in [4.78, 5) is 4.50. The summed E-state index contributed by atoms with van der Waals surface area (Å²) in [7, 11) is 1.61. The first-order chi connectivity index (χ1) is 11.6. The van der Waals surface area contributed by atoms with Gasteiger partial charge in [0.2, 0.25) is 0 Å². The van der Waals surface area contributed by atoms with Gasteiger partial charge in [-0.3, -0.25) is 4.99 Å². The summed E-state index contributed by atoms with van der Waals surface area (Å²) in [5.41, 5.74) is 3.07. The molecule has 0 amide bonds. The third-order valence-corrected chi connectivity index (χ3v) is 4.13. The molecule has 128 valence electrons.